The molecule has 1 aliphatic rings. The molecular formula is C17H15ClF3N5OS. The van der Waals surface area contributed by atoms with Crippen LogP contribution in [0.5, 0.6) is 0 Å². The summed E-state index contributed by atoms with van der Waals surface area (Å²) in [5.74, 6) is -0.370. The Kier molecular flexibility index (Phi) is 4.80. The predicted molar refractivity (Wildman–Crippen MR) is 99.7 cm³/mol. The van der Waals surface area contributed by atoms with Crippen LogP contribution in [0, 0.1) is 0 Å². The number of thiophene rings is 1. The molecule has 1 amide bonds. The van der Waals surface area contributed by atoms with E-state index in [9.17, 15) is 18.0 Å². The van der Waals surface area contributed by atoms with E-state index in [2.05, 4.69) is 15.0 Å². The highest BCUT2D eigenvalue weighted by Crippen LogP contribution is 2.35. The fraction of sp³-hybridized carbons (Fsp3) is 0.353. The van der Waals surface area contributed by atoms with Gasteiger partial charge in [0.05, 0.1) is 21.1 Å². The molecule has 0 aromatic carbocycles. The molecule has 4 heterocycles. The van der Waals surface area contributed by atoms with E-state index in [4.69, 9.17) is 11.6 Å². The molecule has 0 saturated carbocycles. The molecule has 28 heavy (non-hydrogen) atoms. The Balaban J connectivity index is 1.83. The molecule has 1 fully saturated rings. The highest BCUT2D eigenvalue weighted by Gasteiger charge is 2.36. The maximum absolute atomic E-state index is 13.6. The number of aromatic nitrogens is 3. The SMILES string of the molecule is CN1CCN(C(=O)c2cnn3c(C(F)(F)F)cc(-c4ccc(Cl)s4)nc23)CC1. The summed E-state index contributed by atoms with van der Waals surface area (Å²) in [4.78, 5) is 21.4. The van der Waals surface area contributed by atoms with Gasteiger partial charge in [-0.1, -0.05) is 11.6 Å². The zero-order chi connectivity index (χ0) is 20.1. The van der Waals surface area contributed by atoms with Gasteiger partial charge in [-0.05, 0) is 25.2 Å². The Morgan fingerprint density at radius 3 is 2.54 bits per heavy atom. The number of alkyl halides is 3. The van der Waals surface area contributed by atoms with Gasteiger partial charge in [0, 0.05) is 26.2 Å². The lowest BCUT2D eigenvalue weighted by Gasteiger charge is -2.32. The molecular weight excluding hydrogens is 415 g/mol. The Hall–Kier alpha value is -2.17. The van der Waals surface area contributed by atoms with Gasteiger partial charge in [-0.2, -0.15) is 18.3 Å². The second kappa shape index (κ2) is 7.02. The Morgan fingerprint density at radius 1 is 1.21 bits per heavy atom. The van der Waals surface area contributed by atoms with E-state index in [1.54, 1.807) is 17.0 Å². The number of hydrogen-bond donors (Lipinski definition) is 0. The Morgan fingerprint density at radius 2 is 1.93 bits per heavy atom. The van der Waals surface area contributed by atoms with Crippen LogP contribution in [0.1, 0.15) is 16.1 Å². The van der Waals surface area contributed by atoms with Crippen molar-refractivity contribution in [2.45, 2.75) is 6.18 Å². The predicted octanol–water partition coefficient (Wildman–Crippen LogP) is 3.52. The number of halogens is 4. The number of likely N-dealkylation sites (N-methyl/N-ethyl adjacent to an activating group) is 1. The van der Waals surface area contributed by atoms with E-state index in [1.165, 1.54) is 0 Å². The fourth-order valence-electron chi connectivity index (χ4n) is 3.07. The van der Waals surface area contributed by atoms with Gasteiger partial charge in [0.25, 0.3) is 5.91 Å². The first kappa shape index (κ1) is 19.2. The van der Waals surface area contributed by atoms with Crippen molar-refractivity contribution in [2.24, 2.45) is 0 Å². The summed E-state index contributed by atoms with van der Waals surface area (Å²) in [5, 5.41) is 3.81. The average Bonchev–Trinajstić information content (AvgIpc) is 3.26. The van der Waals surface area contributed by atoms with Crippen molar-refractivity contribution >= 4 is 34.5 Å². The minimum Gasteiger partial charge on any atom is -0.336 e. The number of rotatable bonds is 2. The number of carbonyl (C=O) groups is 1. The van der Waals surface area contributed by atoms with E-state index >= 15 is 0 Å². The molecule has 0 aliphatic carbocycles. The fourth-order valence-corrected chi connectivity index (χ4v) is 4.08. The maximum atomic E-state index is 13.6. The molecule has 4 rings (SSSR count). The van der Waals surface area contributed by atoms with Crippen molar-refractivity contribution in [3.63, 3.8) is 0 Å². The van der Waals surface area contributed by atoms with Crippen molar-refractivity contribution in [3.8, 4) is 10.6 Å². The lowest BCUT2D eigenvalue weighted by Crippen LogP contribution is -2.47. The van der Waals surface area contributed by atoms with E-state index in [1.807, 2.05) is 7.05 Å². The van der Waals surface area contributed by atoms with Gasteiger partial charge in [0.15, 0.2) is 11.3 Å². The molecule has 1 aliphatic heterocycles. The smallest absolute Gasteiger partial charge is 0.336 e. The largest absolute Gasteiger partial charge is 0.433 e. The Bertz CT molecular complexity index is 1040. The second-order valence-electron chi connectivity index (χ2n) is 6.52. The van der Waals surface area contributed by atoms with Gasteiger partial charge in [-0.3, -0.25) is 4.79 Å². The molecule has 0 N–H and O–H groups in total. The molecule has 0 atom stereocenters. The van der Waals surface area contributed by atoms with E-state index in [0.29, 0.717) is 39.9 Å². The van der Waals surface area contributed by atoms with Crippen molar-refractivity contribution in [3.05, 3.63) is 40.0 Å². The lowest BCUT2D eigenvalue weighted by molar-refractivity contribution is -0.142. The summed E-state index contributed by atoms with van der Waals surface area (Å²) in [6, 6.07) is 4.12. The molecule has 6 nitrogen and oxygen atoms in total. The van der Waals surface area contributed by atoms with E-state index in [0.717, 1.165) is 23.6 Å². The first-order chi connectivity index (χ1) is 13.2. The topological polar surface area (TPSA) is 53.7 Å². The van der Waals surface area contributed by atoms with Crippen LogP contribution in [0.4, 0.5) is 13.2 Å². The molecule has 0 spiro atoms. The standard InChI is InChI=1S/C17H15ClF3N5OS/c1-24-4-6-25(7-5-24)16(27)10-9-22-26-13(17(19,20)21)8-11(23-15(10)26)12-2-3-14(18)28-12/h2-3,8-9H,4-7H2,1H3. The zero-order valence-corrected chi connectivity index (χ0v) is 16.3. The molecule has 0 radical (unpaired) electrons. The number of fused-ring (bicyclic) bond motifs is 1. The molecule has 1 saturated heterocycles. The molecule has 3 aromatic rings. The van der Waals surface area contributed by atoms with Crippen molar-refractivity contribution in [2.75, 3.05) is 33.2 Å². The molecule has 0 unspecified atom stereocenters. The second-order valence-corrected chi connectivity index (χ2v) is 8.23. The van der Waals surface area contributed by atoms with Crippen molar-refractivity contribution < 1.29 is 18.0 Å². The van der Waals surface area contributed by atoms with Gasteiger partial charge in [-0.15, -0.1) is 11.3 Å². The van der Waals surface area contributed by atoms with Crippen LogP contribution in [0.25, 0.3) is 16.2 Å². The van der Waals surface area contributed by atoms with Crippen LogP contribution in [-0.4, -0.2) is 63.5 Å². The third kappa shape index (κ3) is 3.47. The zero-order valence-electron chi connectivity index (χ0n) is 14.7. The minimum absolute atomic E-state index is 0.0551. The summed E-state index contributed by atoms with van der Waals surface area (Å²) in [7, 11) is 1.95. The van der Waals surface area contributed by atoms with Gasteiger partial charge >= 0.3 is 6.18 Å². The molecule has 0 bridgehead atoms. The van der Waals surface area contributed by atoms with E-state index < -0.39 is 11.9 Å². The first-order valence-electron chi connectivity index (χ1n) is 8.43. The van der Waals surface area contributed by atoms with Crippen LogP contribution in [0.2, 0.25) is 4.34 Å². The van der Waals surface area contributed by atoms with Crippen LogP contribution in [0.15, 0.2) is 24.4 Å². The minimum atomic E-state index is -4.66. The molecule has 3 aromatic heterocycles. The highest BCUT2D eigenvalue weighted by molar-refractivity contribution is 7.19. The summed E-state index contributed by atoms with van der Waals surface area (Å²) in [6.45, 7) is 2.40. The maximum Gasteiger partial charge on any atom is 0.433 e. The molecule has 148 valence electrons. The van der Waals surface area contributed by atoms with E-state index in [-0.39, 0.29) is 22.8 Å². The summed E-state index contributed by atoms with van der Waals surface area (Å²) < 4.78 is 42.0. The van der Waals surface area contributed by atoms with Gasteiger partial charge in [0.1, 0.15) is 5.56 Å². The van der Waals surface area contributed by atoms with Crippen LogP contribution in [0.3, 0.4) is 0 Å². The monoisotopic (exact) mass is 429 g/mol. The lowest BCUT2D eigenvalue weighted by atomic mass is 10.2. The van der Waals surface area contributed by atoms with Crippen LogP contribution in [-0.2, 0) is 6.18 Å². The molecule has 11 heteroatoms. The highest BCUT2D eigenvalue weighted by atomic mass is 35.5. The normalized spacial score (nSPS) is 16.1. The number of piperazine rings is 1. The summed E-state index contributed by atoms with van der Waals surface area (Å²) in [6.07, 6.45) is -3.50. The van der Waals surface area contributed by atoms with Crippen molar-refractivity contribution in [1.82, 2.24) is 24.4 Å². The van der Waals surface area contributed by atoms with Gasteiger partial charge in [-0.25, -0.2) is 9.50 Å². The quantitative estimate of drug-likeness (QED) is 0.625. The first-order valence-corrected chi connectivity index (χ1v) is 9.63. The summed E-state index contributed by atoms with van der Waals surface area (Å²) in [5.41, 5.74) is -0.947. The van der Waals surface area contributed by atoms with Crippen molar-refractivity contribution in [1.29, 1.82) is 0 Å². The number of hydrogen-bond acceptors (Lipinski definition) is 5. The average molecular weight is 430 g/mol. The van der Waals surface area contributed by atoms with Crippen LogP contribution >= 0.6 is 22.9 Å². The number of carbonyl (C=O) groups excluding carboxylic acids is 1. The Labute approximate surface area is 167 Å². The third-order valence-electron chi connectivity index (χ3n) is 4.61. The van der Waals surface area contributed by atoms with Gasteiger partial charge in [0.2, 0.25) is 0 Å². The van der Waals surface area contributed by atoms with Crippen LogP contribution < -0.4 is 0 Å². The summed E-state index contributed by atoms with van der Waals surface area (Å²) >= 11 is 7.04. The van der Waals surface area contributed by atoms with Gasteiger partial charge < -0.3 is 9.80 Å². The third-order valence-corrected chi connectivity index (χ3v) is 5.86. The number of amides is 1. The number of nitrogens with zero attached hydrogens (tertiary/aromatic N) is 5.